The molecule has 0 spiro atoms. The summed E-state index contributed by atoms with van der Waals surface area (Å²) in [6, 6.07) is 3.28. The Kier molecular flexibility index (Phi) is 3.39. The van der Waals surface area contributed by atoms with Gasteiger partial charge < -0.3 is 15.4 Å². The van der Waals surface area contributed by atoms with Gasteiger partial charge in [-0.15, -0.1) is 0 Å². The van der Waals surface area contributed by atoms with Crippen LogP contribution in [-0.2, 0) is 0 Å². The molecule has 1 aromatic rings. The zero-order chi connectivity index (χ0) is 12.3. The molecule has 0 bridgehead atoms. The molecule has 0 fully saturated rings. The summed E-state index contributed by atoms with van der Waals surface area (Å²) in [5, 5.41) is 12.7. The first-order chi connectivity index (χ1) is 8.19. The second kappa shape index (κ2) is 4.97. The Morgan fingerprint density at radius 2 is 2.29 bits per heavy atom. The van der Waals surface area contributed by atoms with Crippen LogP contribution in [0.2, 0.25) is 0 Å². The van der Waals surface area contributed by atoms with Crippen LogP contribution >= 0.6 is 12.2 Å². The summed E-state index contributed by atoms with van der Waals surface area (Å²) in [6.07, 6.45) is 5.93. The summed E-state index contributed by atoms with van der Waals surface area (Å²) >= 11 is 5.04. The number of anilines is 1. The van der Waals surface area contributed by atoms with Gasteiger partial charge in [-0.25, -0.2) is 0 Å². The van der Waals surface area contributed by atoms with Gasteiger partial charge in [0.1, 0.15) is 11.6 Å². The second-order valence-electron chi connectivity index (χ2n) is 3.73. The number of hydrogen-bond acceptors (Lipinski definition) is 4. The molecule has 88 valence electrons. The molecule has 3 N–H and O–H groups in total. The van der Waals surface area contributed by atoms with E-state index in [9.17, 15) is 9.90 Å². The number of carbonyl (C=O) groups excluding carboxylic acids is 1. The minimum Gasteiger partial charge on any atom is -0.510 e. The van der Waals surface area contributed by atoms with E-state index in [4.69, 9.17) is 12.2 Å². The van der Waals surface area contributed by atoms with Crippen LogP contribution in [0.25, 0.3) is 0 Å². The van der Waals surface area contributed by atoms with Crippen molar-refractivity contribution in [2.75, 3.05) is 5.32 Å². The number of aldehydes is 1. The normalized spacial score (nSPS) is 14.8. The average Bonchev–Trinajstić information content (AvgIpc) is 2.31. The minimum absolute atomic E-state index is 0.309. The monoisotopic (exact) mass is 248 g/mol. The predicted octanol–water partition coefficient (Wildman–Crippen LogP) is 3.09. The number of aliphatic hydroxyl groups excluding tert-OH is 1. The lowest BCUT2D eigenvalue weighted by molar-refractivity contribution is 0.111. The summed E-state index contributed by atoms with van der Waals surface area (Å²) in [4.78, 5) is 13.6. The van der Waals surface area contributed by atoms with Crippen LogP contribution in [0.4, 0.5) is 5.82 Å². The summed E-state index contributed by atoms with van der Waals surface area (Å²) in [5.74, 6) is 0.899. The molecule has 0 radical (unpaired) electrons. The van der Waals surface area contributed by atoms with Crippen LogP contribution in [-0.4, -0.2) is 16.4 Å². The van der Waals surface area contributed by atoms with E-state index >= 15 is 0 Å². The number of rotatable bonds is 3. The van der Waals surface area contributed by atoms with Gasteiger partial charge in [0.15, 0.2) is 6.29 Å². The number of aromatic nitrogens is 1. The first-order valence-electron chi connectivity index (χ1n) is 5.24. The van der Waals surface area contributed by atoms with Crippen molar-refractivity contribution >= 4 is 24.3 Å². The highest BCUT2D eigenvalue weighted by Gasteiger charge is 2.07. The highest BCUT2D eigenvalue weighted by atomic mass is 32.1. The van der Waals surface area contributed by atoms with Gasteiger partial charge in [-0.05, 0) is 24.6 Å². The van der Waals surface area contributed by atoms with Crippen molar-refractivity contribution in [2.24, 2.45) is 0 Å². The fourth-order valence-electron chi connectivity index (χ4n) is 1.61. The Balaban J connectivity index is 2.30. The Morgan fingerprint density at radius 1 is 1.47 bits per heavy atom. The molecule has 4 nitrogen and oxygen atoms in total. The van der Waals surface area contributed by atoms with Crippen LogP contribution < -0.4 is 5.32 Å². The molecule has 0 saturated heterocycles. The molecule has 0 aliphatic heterocycles. The van der Waals surface area contributed by atoms with Crippen LogP contribution in [0, 0.1) is 4.51 Å². The summed E-state index contributed by atoms with van der Waals surface area (Å²) in [5.41, 5.74) is 1.03. The second-order valence-corrected chi connectivity index (χ2v) is 4.20. The van der Waals surface area contributed by atoms with Gasteiger partial charge in [-0.2, -0.15) is 0 Å². The maximum atomic E-state index is 10.7. The summed E-state index contributed by atoms with van der Waals surface area (Å²) in [7, 11) is 0. The van der Waals surface area contributed by atoms with Gasteiger partial charge in [0.2, 0.25) is 0 Å². The molecule has 17 heavy (non-hydrogen) atoms. The zero-order valence-corrected chi connectivity index (χ0v) is 9.88. The fraction of sp³-hybridized carbons (Fsp3) is 0.167. The topological polar surface area (TPSA) is 65.1 Å². The van der Waals surface area contributed by atoms with E-state index in [1.54, 1.807) is 12.1 Å². The average molecular weight is 248 g/mol. The third-order valence-electron chi connectivity index (χ3n) is 2.40. The van der Waals surface area contributed by atoms with Gasteiger partial charge >= 0.3 is 0 Å². The maximum absolute atomic E-state index is 10.7. The molecule has 0 unspecified atom stereocenters. The van der Waals surface area contributed by atoms with E-state index in [2.05, 4.69) is 10.3 Å². The first kappa shape index (κ1) is 11.6. The molecule has 1 heterocycles. The third kappa shape index (κ3) is 2.82. The summed E-state index contributed by atoms with van der Waals surface area (Å²) in [6.45, 7) is 0. The molecular weight excluding hydrogens is 236 g/mol. The van der Waals surface area contributed by atoms with E-state index in [0.717, 1.165) is 6.42 Å². The highest BCUT2D eigenvalue weighted by Crippen LogP contribution is 2.18. The van der Waals surface area contributed by atoms with Crippen molar-refractivity contribution in [3.05, 3.63) is 45.9 Å². The smallest absolute Gasteiger partial charge is 0.166 e. The van der Waals surface area contributed by atoms with Crippen molar-refractivity contribution in [3.8, 4) is 0 Å². The highest BCUT2D eigenvalue weighted by molar-refractivity contribution is 7.71. The molecule has 1 aliphatic carbocycles. The lowest BCUT2D eigenvalue weighted by Gasteiger charge is -2.13. The number of hydrogen-bond donors (Lipinski definition) is 3. The quantitative estimate of drug-likeness (QED) is 0.568. The van der Waals surface area contributed by atoms with E-state index < -0.39 is 0 Å². The number of allylic oxidation sites excluding steroid dienone is 3. The molecule has 0 saturated carbocycles. The van der Waals surface area contributed by atoms with Crippen molar-refractivity contribution < 1.29 is 9.90 Å². The first-order valence-corrected chi connectivity index (χ1v) is 5.65. The number of nitrogens with one attached hydrogen (secondary N) is 2. The van der Waals surface area contributed by atoms with E-state index in [-0.39, 0.29) is 0 Å². The van der Waals surface area contributed by atoms with Crippen molar-refractivity contribution in [2.45, 2.75) is 12.8 Å². The van der Waals surface area contributed by atoms with Crippen molar-refractivity contribution in [1.82, 2.24) is 4.98 Å². The van der Waals surface area contributed by atoms with E-state index in [1.165, 1.54) is 0 Å². The van der Waals surface area contributed by atoms with Crippen molar-refractivity contribution in [3.63, 3.8) is 0 Å². The Labute approximate surface area is 104 Å². The van der Waals surface area contributed by atoms with Crippen molar-refractivity contribution in [1.29, 1.82) is 0 Å². The molecular formula is C12H12N2O2S. The zero-order valence-electron chi connectivity index (χ0n) is 9.06. The van der Waals surface area contributed by atoms with Gasteiger partial charge in [0.05, 0.1) is 11.4 Å². The third-order valence-corrected chi connectivity index (χ3v) is 2.64. The maximum Gasteiger partial charge on any atom is 0.166 e. The lowest BCUT2D eigenvalue weighted by atomic mass is 10.1. The predicted molar refractivity (Wildman–Crippen MR) is 68.7 cm³/mol. The largest absolute Gasteiger partial charge is 0.510 e. The molecule has 0 aromatic carbocycles. The standard InChI is InChI=1S/C12H12N2O2S/c15-7-8-5-9(17)6-12(13-8)14-10-3-1-2-4-11(10)16/h1,3,5-7,16H,2,4H2,(H2,13,14,17). The minimum atomic E-state index is 0.309. The number of aromatic amines is 1. The molecule has 1 aromatic heterocycles. The van der Waals surface area contributed by atoms with Gasteiger partial charge in [-0.3, -0.25) is 4.79 Å². The van der Waals surface area contributed by atoms with E-state index in [1.807, 2.05) is 12.2 Å². The Bertz CT molecular complexity index is 558. The lowest BCUT2D eigenvalue weighted by Crippen LogP contribution is -2.06. The number of pyridine rings is 1. The summed E-state index contributed by atoms with van der Waals surface area (Å²) < 4.78 is 0.563. The molecule has 0 atom stereocenters. The number of H-pyrrole nitrogens is 1. The molecule has 0 amide bonds. The fourth-order valence-corrected chi connectivity index (χ4v) is 1.85. The van der Waals surface area contributed by atoms with Gasteiger partial charge in [0, 0.05) is 10.9 Å². The van der Waals surface area contributed by atoms with Gasteiger partial charge in [-0.1, -0.05) is 18.3 Å². The number of carbonyl (C=O) groups is 1. The SMILES string of the molecule is O=Cc1cc(=S)cc(NC2=C(O)CCC=C2)[nH]1. The molecule has 2 rings (SSSR count). The molecule has 5 heteroatoms. The van der Waals surface area contributed by atoms with Crippen LogP contribution in [0.5, 0.6) is 0 Å². The van der Waals surface area contributed by atoms with Gasteiger partial charge in [0.25, 0.3) is 0 Å². The number of aliphatic hydroxyl groups is 1. The van der Waals surface area contributed by atoms with Crippen LogP contribution in [0.15, 0.2) is 35.7 Å². The Morgan fingerprint density at radius 3 is 3.00 bits per heavy atom. The van der Waals surface area contributed by atoms with Crippen LogP contribution in [0.3, 0.4) is 0 Å². The molecule has 1 aliphatic rings. The van der Waals surface area contributed by atoms with Crippen LogP contribution in [0.1, 0.15) is 23.3 Å². The van der Waals surface area contributed by atoms with E-state index in [0.29, 0.717) is 40.2 Å². The Hall–Kier alpha value is -1.88.